The van der Waals surface area contributed by atoms with Crippen molar-refractivity contribution in [2.24, 2.45) is 5.41 Å². The molecule has 1 rings (SSSR count). The Morgan fingerprint density at radius 1 is 1.39 bits per heavy atom. The predicted molar refractivity (Wildman–Crippen MR) is 74.2 cm³/mol. The highest BCUT2D eigenvalue weighted by Gasteiger charge is 2.20. The number of nitrogens with one attached hydrogen (secondary N) is 1. The van der Waals surface area contributed by atoms with Crippen LogP contribution in [0, 0.1) is 5.41 Å². The summed E-state index contributed by atoms with van der Waals surface area (Å²) in [6.07, 6.45) is 2.07. The average Bonchev–Trinajstić information content (AvgIpc) is 2.36. The minimum absolute atomic E-state index is 0.0440. The molecule has 0 bridgehead atoms. The highest BCUT2D eigenvalue weighted by molar-refractivity contribution is 7.89. The van der Waals surface area contributed by atoms with Crippen LogP contribution in [-0.4, -0.2) is 31.6 Å². The van der Waals surface area contributed by atoms with Gasteiger partial charge in [0.25, 0.3) is 0 Å². The molecular weight excluding hydrogens is 272 g/mol. The molecule has 0 aromatic carbocycles. The van der Waals surface area contributed by atoms with Gasteiger partial charge in [-0.3, -0.25) is 4.98 Å². The van der Waals surface area contributed by atoms with Gasteiger partial charge in [0.05, 0.1) is 5.75 Å². The predicted octanol–water partition coefficient (Wildman–Crippen LogP) is 1.81. The minimum Gasteiger partial charge on any atom is -0.261 e. The molecule has 18 heavy (non-hydrogen) atoms. The quantitative estimate of drug-likeness (QED) is 0.779. The summed E-state index contributed by atoms with van der Waals surface area (Å²) in [5.41, 5.74) is 0.541. The van der Waals surface area contributed by atoms with Gasteiger partial charge in [0.2, 0.25) is 10.0 Å². The number of pyridine rings is 1. The summed E-state index contributed by atoms with van der Waals surface area (Å²) in [4.78, 5) is 4.09. The Hall–Kier alpha value is -0.650. The van der Waals surface area contributed by atoms with Gasteiger partial charge in [-0.15, -0.1) is 11.6 Å². The number of rotatable bonds is 7. The zero-order valence-corrected chi connectivity index (χ0v) is 12.3. The normalized spacial score (nSPS) is 12.6. The van der Waals surface area contributed by atoms with Crippen molar-refractivity contribution < 1.29 is 8.42 Å². The fraction of sp³-hybridized carbons (Fsp3) is 0.583. The van der Waals surface area contributed by atoms with Crippen LogP contribution in [0.15, 0.2) is 24.4 Å². The van der Waals surface area contributed by atoms with Crippen LogP contribution in [0.2, 0.25) is 0 Å². The first-order valence-electron chi connectivity index (χ1n) is 5.78. The van der Waals surface area contributed by atoms with Crippen molar-refractivity contribution >= 4 is 21.6 Å². The van der Waals surface area contributed by atoms with Crippen LogP contribution < -0.4 is 4.72 Å². The molecule has 0 aliphatic rings. The molecule has 0 saturated heterocycles. The molecule has 0 amide bonds. The zero-order valence-electron chi connectivity index (χ0n) is 10.7. The topological polar surface area (TPSA) is 59.1 Å². The van der Waals surface area contributed by atoms with Gasteiger partial charge in [-0.05, 0) is 17.5 Å². The minimum atomic E-state index is -3.27. The molecule has 0 spiro atoms. The summed E-state index contributed by atoms with van der Waals surface area (Å²) in [6.45, 7) is 4.18. The van der Waals surface area contributed by atoms with Crippen LogP contribution in [-0.2, 0) is 16.4 Å². The number of hydrogen-bond donors (Lipinski definition) is 1. The molecule has 0 unspecified atom stereocenters. The first kappa shape index (κ1) is 15.4. The summed E-state index contributed by atoms with van der Waals surface area (Å²) < 4.78 is 26.1. The second kappa shape index (κ2) is 6.50. The monoisotopic (exact) mass is 290 g/mol. The Bertz CT molecular complexity index is 460. The number of sulfonamides is 1. The van der Waals surface area contributed by atoms with Crippen molar-refractivity contribution in [1.82, 2.24) is 9.71 Å². The Labute approximate surface area is 114 Å². The Morgan fingerprint density at radius 3 is 2.67 bits per heavy atom. The molecule has 1 aromatic heterocycles. The molecule has 0 fully saturated rings. The van der Waals surface area contributed by atoms with Gasteiger partial charge in [-0.2, -0.15) is 0 Å². The van der Waals surface area contributed by atoms with E-state index in [1.807, 2.05) is 26.0 Å². The number of halogens is 1. The molecular formula is C12H19ClN2O2S. The van der Waals surface area contributed by atoms with Gasteiger partial charge >= 0.3 is 0 Å². The van der Waals surface area contributed by atoms with E-state index in [1.165, 1.54) is 0 Å². The van der Waals surface area contributed by atoms with Gasteiger partial charge in [0, 0.05) is 30.7 Å². The summed E-state index contributed by atoms with van der Waals surface area (Å²) in [5.74, 6) is 0.456. The highest BCUT2D eigenvalue weighted by Crippen LogP contribution is 2.15. The maximum absolute atomic E-state index is 11.8. The molecule has 1 aromatic rings. The molecule has 0 radical (unpaired) electrons. The number of aryl methyl sites for hydroxylation is 1. The van der Waals surface area contributed by atoms with Crippen LogP contribution in [0.5, 0.6) is 0 Å². The molecule has 0 aliphatic heterocycles. The summed E-state index contributed by atoms with van der Waals surface area (Å²) in [5, 5.41) is 0. The lowest BCUT2D eigenvalue weighted by Crippen LogP contribution is -2.36. The molecule has 0 aliphatic carbocycles. The van der Waals surface area contributed by atoms with Crippen LogP contribution in [0.3, 0.4) is 0 Å². The van der Waals surface area contributed by atoms with Crippen molar-refractivity contribution in [2.45, 2.75) is 20.3 Å². The molecule has 0 atom stereocenters. The lowest BCUT2D eigenvalue weighted by molar-refractivity contribution is 0.414. The van der Waals surface area contributed by atoms with Crippen LogP contribution in [0.1, 0.15) is 19.5 Å². The van der Waals surface area contributed by atoms with Gasteiger partial charge in [-0.25, -0.2) is 13.1 Å². The highest BCUT2D eigenvalue weighted by atomic mass is 35.5. The first-order valence-corrected chi connectivity index (χ1v) is 7.96. The molecule has 1 N–H and O–H groups in total. The van der Waals surface area contributed by atoms with Crippen LogP contribution in [0.25, 0.3) is 0 Å². The second-order valence-corrected chi connectivity index (χ2v) is 7.20. The number of alkyl halides is 1. The maximum Gasteiger partial charge on any atom is 0.211 e. The van der Waals surface area contributed by atoms with E-state index in [4.69, 9.17) is 11.6 Å². The molecule has 0 saturated carbocycles. The summed E-state index contributed by atoms with van der Waals surface area (Å²) in [7, 11) is -3.27. The standard InChI is InChI=1S/C12H19ClN2O2S/c1-12(2,9-13)10-15-18(16,17)8-6-11-5-3-4-7-14-11/h3-5,7,15H,6,8-10H2,1-2H3. The third-order valence-corrected chi connectivity index (χ3v) is 4.53. The van der Waals surface area contributed by atoms with Crippen molar-refractivity contribution in [3.05, 3.63) is 30.1 Å². The number of nitrogens with zero attached hydrogens (tertiary/aromatic N) is 1. The average molecular weight is 291 g/mol. The SMILES string of the molecule is CC(C)(CCl)CNS(=O)(=O)CCc1ccccn1. The van der Waals surface area contributed by atoms with Crippen LogP contribution >= 0.6 is 11.6 Å². The van der Waals surface area contributed by atoms with E-state index in [1.54, 1.807) is 12.3 Å². The largest absolute Gasteiger partial charge is 0.261 e. The maximum atomic E-state index is 11.8. The van der Waals surface area contributed by atoms with Gasteiger partial charge in [-0.1, -0.05) is 19.9 Å². The van der Waals surface area contributed by atoms with Crippen molar-refractivity contribution in [2.75, 3.05) is 18.2 Å². The Morgan fingerprint density at radius 2 is 2.11 bits per heavy atom. The zero-order chi connectivity index (χ0) is 13.6. The van der Waals surface area contributed by atoms with E-state index in [0.717, 1.165) is 5.69 Å². The van der Waals surface area contributed by atoms with E-state index in [9.17, 15) is 8.42 Å². The number of aromatic nitrogens is 1. The Balaban J connectivity index is 2.46. The molecule has 6 heteroatoms. The van der Waals surface area contributed by atoms with Gasteiger partial charge in [0.1, 0.15) is 0 Å². The Kier molecular flexibility index (Phi) is 5.56. The fourth-order valence-corrected chi connectivity index (χ4v) is 2.54. The lowest BCUT2D eigenvalue weighted by atomic mass is 9.97. The van der Waals surface area contributed by atoms with Crippen molar-refractivity contribution in [1.29, 1.82) is 0 Å². The molecule has 1 heterocycles. The molecule has 102 valence electrons. The summed E-state index contributed by atoms with van der Waals surface area (Å²) in [6, 6.07) is 5.47. The smallest absolute Gasteiger partial charge is 0.211 e. The van der Waals surface area contributed by atoms with Crippen molar-refractivity contribution in [3.63, 3.8) is 0 Å². The van der Waals surface area contributed by atoms with E-state index < -0.39 is 10.0 Å². The third-order valence-electron chi connectivity index (χ3n) is 2.49. The fourth-order valence-electron chi connectivity index (χ4n) is 1.21. The second-order valence-electron chi connectivity index (χ2n) is 5.01. The van der Waals surface area contributed by atoms with E-state index in [0.29, 0.717) is 18.8 Å². The number of hydrogen-bond acceptors (Lipinski definition) is 3. The van der Waals surface area contributed by atoms with Gasteiger partial charge in [0.15, 0.2) is 0 Å². The lowest BCUT2D eigenvalue weighted by Gasteiger charge is -2.21. The van der Waals surface area contributed by atoms with Crippen LogP contribution in [0.4, 0.5) is 0 Å². The first-order chi connectivity index (χ1) is 8.35. The van der Waals surface area contributed by atoms with Crippen molar-refractivity contribution in [3.8, 4) is 0 Å². The summed E-state index contributed by atoms with van der Waals surface area (Å²) >= 11 is 5.75. The van der Waals surface area contributed by atoms with E-state index >= 15 is 0 Å². The molecule has 4 nitrogen and oxygen atoms in total. The van der Waals surface area contributed by atoms with E-state index in [-0.39, 0.29) is 11.2 Å². The van der Waals surface area contributed by atoms with E-state index in [2.05, 4.69) is 9.71 Å². The van der Waals surface area contributed by atoms with Gasteiger partial charge < -0.3 is 0 Å². The third kappa shape index (κ3) is 5.80.